The molecule has 0 aliphatic heterocycles. The van der Waals surface area contributed by atoms with Gasteiger partial charge < -0.3 is 4.74 Å². The van der Waals surface area contributed by atoms with Crippen LogP contribution in [-0.2, 0) is 9.53 Å². The monoisotopic (exact) mass is 295 g/mol. The molecule has 2 aromatic rings. The lowest BCUT2D eigenvalue weighted by Crippen LogP contribution is -2.33. The van der Waals surface area contributed by atoms with Crippen molar-refractivity contribution in [2.45, 2.75) is 0 Å². The van der Waals surface area contributed by atoms with Crippen LogP contribution < -0.4 is 0 Å². The third-order valence-corrected chi connectivity index (χ3v) is 2.89. The molecule has 5 heteroatoms. The highest BCUT2D eigenvalue weighted by atomic mass is 16.5. The van der Waals surface area contributed by atoms with Crippen LogP contribution in [0.4, 0.5) is 0 Å². The van der Waals surface area contributed by atoms with Gasteiger partial charge in [-0.25, -0.2) is 0 Å². The van der Waals surface area contributed by atoms with E-state index >= 15 is 0 Å². The van der Waals surface area contributed by atoms with E-state index < -0.39 is 5.91 Å². The Morgan fingerprint density at radius 1 is 1.23 bits per heavy atom. The van der Waals surface area contributed by atoms with Crippen LogP contribution >= 0.6 is 0 Å². The van der Waals surface area contributed by atoms with Crippen LogP contribution in [0, 0.1) is 0 Å². The minimum absolute atomic E-state index is 0.0662. The van der Waals surface area contributed by atoms with Crippen LogP contribution in [-0.4, -0.2) is 35.9 Å². The molecule has 0 aliphatic rings. The van der Waals surface area contributed by atoms with Gasteiger partial charge in [0.25, 0.3) is 12.2 Å². The third-order valence-electron chi connectivity index (χ3n) is 2.89. The first-order valence-corrected chi connectivity index (χ1v) is 6.63. The summed E-state index contributed by atoms with van der Waals surface area (Å²) >= 11 is 0. The number of allylic oxidation sites excluding steroid dienone is 1. The second-order valence-corrected chi connectivity index (χ2v) is 4.41. The lowest BCUT2D eigenvalue weighted by molar-refractivity contribution is 0.0548. The van der Waals surface area contributed by atoms with E-state index in [0.717, 1.165) is 5.56 Å². The Morgan fingerprint density at radius 2 is 1.95 bits per heavy atom. The molecule has 0 aliphatic carbocycles. The molecule has 5 nitrogen and oxygen atoms in total. The van der Waals surface area contributed by atoms with Gasteiger partial charge in [-0.2, -0.15) is 0 Å². The maximum atomic E-state index is 12.5. The molecule has 0 bridgehead atoms. The number of ether oxygens (including phenoxy) is 1. The van der Waals surface area contributed by atoms with Crippen molar-refractivity contribution in [3.05, 3.63) is 71.7 Å². The fraction of sp³-hybridized carbons (Fsp3) is 0.118. The van der Waals surface area contributed by atoms with Gasteiger partial charge in [-0.15, -0.1) is 0 Å². The van der Waals surface area contributed by atoms with Crippen molar-refractivity contribution in [2.24, 2.45) is 0 Å². The first-order valence-electron chi connectivity index (χ1n) is 6.63. The Labute approximate surface area is 128 Å². The van der Waals surface area contributed by atoms with Gasteiger partial charge in [0.2, 0.25) is 0 Å². The summed E-state index contributed by atoms with van der Waals surface area (Å²) < 4.78 is 5.02. The number of nitrogens with zero attached hydrogens (tertiary/aromatic N) is 2. The number of hydrogen-bond acceptors (Lipinski definition) is 4. The van der Waals surface area contributed by atoms with Gasteiger partial charge in [-0.05, 0) is 23.8 Å². The lowest BCUT2D eigenvalue weighted by Gasteiger charge is -2.20. The number of carbonyl (C=O) groups excluding carboxylic acids is 2. The Balaban J connectivity index is 2.35. The van der Waals surface area contributed by atoms with E-state index in [1.807, 2.05) is 30.3 Å². The zero-order chi connectivity index (χ0) is 15.8. The summed E-state index contributed by atoms with van der Waals surface area (Å²) in [7, 11) is 1.45. The third kappa shape index (κ3) is 3.86. The second-order valence-electron chi connectivity index (χ2n) is 4.41. The highest BCUT2D eigenvalue weighted by Crippen LogP contribution is 2.12. The van der Waals surface area contributed by atoms with Crippen LogP contribution in [0.15, 0.2) is 60.4 Å². The molecular formula is C17H15N2O3. The number of aromatic nitrogens is 1. The molecule has 0 spiro atoms. The van der Waals surface area contributed by atoms with Crippen molar-refractivity contribution in [1.29, 1.82) is 0 Å². The average Bonchev–Trinajstić information content (AvgIpc) is 2.59. The van der Waals surface area contributed by atoms with E-state index in [4.69, 9.17) is 4.74 Å². The number of rotatable bonds is 6. The normalized spacial score (nSPS) is 11.0. The first kappa shape index (κ1) is 15.6. The van der Waals surface area contributed by atoms with Gasteiger partial charge in [-0.3, -0.25) is 19.5 Å². The zero-order valence-corrected chi connectivity index (χ0v) is 12.1. The van der Waals surface area contributed by atoms with Crippen LogP contribution in [0.2, 0.25) is 0 Å². The Morgan fingerprint density at radius 3 is 2.55 bits per heavy atom. The fourth-order valence-corrected chi connectivity index (χ4v) is 1.86. The van der Waals surface area contributed by atoms with E-state index in [1.54, 1.807) is 30.6 Å². The molecular weight excluding hydrogens is 280 g/mol. The lowest BCUT2D eigenvalue weighted by atomic mass is 10.2. The molecule has 0 N–H and O–H groups in total. The highest BCUT2D eigenvalue weighted by Gasteiger charge is 2.21. The maximum Gasteiger partial charge on any atom is 0.278 e. The average molecular weight is 295 g/mol. The number of pyridine rings is 1. The van der Waals surface area contributed by atoms with Gasteiger partial charge >= 0.3 is 0 Å². The van der Waals surface area contributed by atoms with Crippen LogP contribution in [0.1, 0.15) is 16.1 Å². The largest absolute Gasteiger partial charge is 0.364 e. The smallest absolute Gasteiger partial charge is 0.278 e. The van der Waals surface area contributed by atoms with Crippen molar-refractivity contribution >= 4 is 18.3 Å². The first-order chi connectivity index (χ1) is 10.8. The molecule has 111 valence electrons. The summed E-state index contributed by atoms with van der Waals surface area (Å²) in [6, 6.07) is 14.2. The molecule has 0 unspecified atom stereocenters. The SMILES string of the molecule is COCN(C(=O)c1ccccn1)C([C]=O)=Cc1ccccc1. The Hall–Kier alpha value is -2.79. The highest BCUT2D eigenvalue weighted by molar-refractivity contribution is 5.98. The van der Waals surface area contributed by atoms with Gasteiger partial charge in [0.05, 0.1) is 5.70 Å². The summed E-state index contributed by atoms with van der Waals surface area (Å²) in [5.74, 6) is -0.423. The van der Waals surface area contributed by atoms with Crippen LogP contribution in [0.3, 0.4) is 0 Å². The minimum Gasteiger partial charge on any atom is -0.364 e. The number of carbonyl (C=O) groups is 1. The van der Waals surface area contributed by atoms with E-state index in [-0.39, 0.29) is 18.1 Å². The topological polar surface area (TPSA) is 59.5 Å². The number of amides is 1. The van der Waals surface area contributed by atoms with E-state index in [0.29, 0.717) is 0 Å². The second kappa shape index (κ2) is 7.85. The molecule has 1 heterocycles. The molecule has 0 fully saturated rings. The van der Waals surface area contributed by atoms with Gasteiger partial charge in [0.15, 0.2) is 0 Å². The zero-order valence-electron chi connectivity index (χ0n) is 12.1. The quantitative estimate of drug-likeness (QED) is 0.606. The molecule has 1 aromatic heterocycles. The fourth-order valence-electron chi connectivity index (χ4n) is 1.86. The summed E-state index contributed by atoms with van der Waals surface area (Å²) in [5.41, 5.74) is 1.10. The van der Waals surface area contributed by atoms with Gasteiger partial charge in [0, 0.05) is 13.3 Å². The molecule has 22 heavy (non-hydrogen) atoms. The summed E-state index contributed by atoms with van der Waals surface area (Å²) in [5, 5.41) is 0. The molecule has 2 rings (SSSR count). The molecule has 0 atom stereocenters. The summed E-state index contributed by atoms with van der Waals surface area (Å²) in [4.78, 5) is 29.0. The van der Waals surface area contributed by atoms with Crippen LogP contribution in [0.5, 0.6) is 0 Å². The van der Waals surface area contributed by atoms with E-state index in [1.165, 1.54) is 18.2 Å². The van der Waals surface area contributed by atoms with Crippen molar-refractivity contribution < 1.29 is 14.3 Å². The predicted octanol–water partition coefficient (Wildman–Crippen LogP) is 2.28. The predicted molar refractivity (Wildman–Crippen MR) is 82.4 cm³/mol. The van der Waals surface area contributed by atoms with Crippen LogP contribution in [0.25, 0.3) is 6.08 Å². The molecule has 1 amide bonds. The maximum absolute atomic E-state index is 12.5. The van der Waals surface area contributed by atoms with E-state index in [2.05, 4.69) is 4.98 Å². The van der Waals surface area contributed by atoms with E-state index in [9.17, 15) is 9.59 Å². The van der Waals surface area contributed by atoms with Crippen molar-refractivity contribution in [2.75, 3.05) is 13.8 Å². The van der Waals surface area contributed by atoms with Crippen molar-refractivity contribution in [3.8, 4) is 0 Å². The standard InChI is InChI=1S/C17H15N2O3/c1-22-13-19(17(21)16-9-5-6-10-18-16)15(12-20)11-14-7-3-2-4-8-14/h2-11H,13H2,1H3. The Bertz CT molecular complexity index is 654. The van der Waals surface area contributed by atoms with Gasteiger partial charge in [-0.1, -0.05) is 36.4 Å². The van der Waals surface area contributed by atoms with Gasteiger partial charge in [0.1, 0.15) is 12.4 Å². The summed E-state index contributed by atoms with van der Waals surface area (Å²) in [6.07, 6.45) is 4.89. The molecule has 0 saturated carbocycles. The molecule has 0 saturated heterocycles. The van der Waals surface area contributed by atoms with Crippen molar-refractivity contribution in [1.82, 2.24) is 9.88 Å². The minimum atomic E-state index is -0.423. The summed E-state index contributed by atoms with van der Waals surface area (Å²) in [6.45, 7) is -0.0662. The molecule has 1 radical (unpaired) electrons. The molecule has 1 aromatic carbocycles. The number of methoxy groups -OCH3 is 1. The van der Waals surface area contributed by atoms with Crippen molar-refractivity contribution in [3.63, 3.8) is 0 Å². The number of benzene rings is 1. The Kier molecular flexibility index (Phi) is 5.57. The number of hydrogen-bond donors (Lipinski definition) is 0.